The highest BCUT2D eigenvalue weighted by Crippen LogP contribution is 2.41. The molecule has 28 heavy (non-hydrogen) atoms. The van der Waals surface area contributed by atoms with Gasteiger partial charge in [-0.05, 0) is 43.7 Å². The fourth-order valence-corrected chi connectivity index (χ4v) is 4.20. The summed E-state index contributed by atoms with van der Waals surface area (Å²) in [6, 6.07) is 3.55. The van der Waals surface area contributed by atoms with Gasteiger partial charge < -0.3 is 25.7 Å². The predicted octanol–water partition coefficient (Wildman–Crippen LogP) is -0.210. The van der Waals surface area contributed by atoms with Gasteiger partial charge >= 0.3 is 5.69 Å². The van der Waals surface area contributed by atoms with Crippen LogP contribution in [-0.2, 0) is 0 Å². The van der Waals surface area contributed by atoms with Crippen molar-refractivity contribution in [3.63, 3.8) is 0 Å². The van der Waals surface area contributed by atoms with Crippen LogP contribution in [0.3, 0.4) is 0 Å². The molecule has 0 spiro atoms. The quantitative estimate of drug-likeness (QED) is 0.604. The van der Waals surface area contributed by atoms with Crippen LogP contribution in [0.5, 0.6) is 5.75 Å². The zero-order valence-electron chi connectivity index (χ0n) is 15.9. The fourth-order valence-electron chi connectivity index (χ4n) is 4.20. The van der Waals surface area contributed by atoms with Crippen LogP contribution in [0.4, 0.5) is 5.69 Å². The number of methoxy groups -OCH3 is 1. The van der Waals surface area contributed by atoms with Gasteiger partial charge in [-0.1, -0.05) is 0 Å². The number of nitrogens with zero attached hydrogens (tertiary/aromatic N) is 3. The van der Waals surface area contributed by atoms with E-state index in [2.05, 4.69) is 4.90 Å². The lowest BCUT2D eigenvalue weighted by atomic mass is 9.91. The number of ether oxygens (including phenoxy) is 1. The van der Waals surface area contributed by atoms with Crippen molar-refractivity contribution in [3.05, 3.63) is 33.0 Å². The van der Waals surface area contributed by atoms with Gasteiger partial charge in [0.15, 0.2) is 5.75 Å². The molecule has 0 radical (unpaired) electrons. The number of aliphatic hydroxyl groups excluding tert-OH is 2. The van der Waals surface area contributed by atoms with E-state index in [9.17, 15) is 19.8 Å². The van der Waals surface area contributed by atoms with Gasteiger partial charge in [-0.2, -0.15) is 4.68 Å². The van der Waals surface area contributed by atoms with Crippen LogP contribution >= 0.6 is 0 Å². The lowest BCUT2D eigenvalue weighted by Gasteiger charge is -2.36. The molecule has 9 heteroatoms. The maximum atomic E-state index is 12.7. The van der Waals surface area contributed by atoms with Crippen molar-refractivity contribution in [2.24, 2.45) is 5.92 Å². The summed E-state index contributed by atoms with van der Waals surface area (Å²) in [6.07, 6.45) is 2.50. The van der Waals surface area contributed by atoms with Crippen LogP contribution in [0.25, 0.3) is 10.9 Å². The molecule has 0 bridgehead atoms. The largest absolute Gasteiger partial charge is 0.492 e. The van der Waals surface area contributed by atoms with Crippen LogP contribution in [0.15, 0.2) is 21.7 Å². The number of anilines is 1. The number of aliphatic hydroxyl groups is 2. The molecule has 4 rings (SSSR count). The fraction of sp³-hybridized carbons (Fsp3) is 0.579. The van der Waals surface area contributed by atoms with Gasteiger partial charge in [0, 0.05) is 19.1 Å². The van der Waals surface area contributed by atoms with Gasteiger partial charge in [0.1, 0.15) is 5.52 Å². The molecule has 4 N–H and O–H groups in total. The number of aromatic nitrogens is 2. The van der Waals surface area contributed by atoms with E-state index in [4.69, 9.17) is 10.6 Å². The molecule has 152 valence electrons. The van der Waals surface area contributed by atoms with Crippen molar-refractivity contribution in [1.82, 2.24) is 9.24 Å². The second-order valence-electron chi connectivity index (χ2n) is 7.65. The van der Waals surface area contributed by atoms with Gasteiger partial charge in [0.25, 0.3) is 5.56 Å². The number of piperidine rings is 1. The van der Waals surface area contributed by atoms with Gasteiger partial charge in [-0.15, -0.1) is 0 Å². The summed E-state index contributed by atoms with van der Waals surface area (Å²) in [4.78, 5) is 27.4. The number of nitrogen functional groups attached to an aromatic ring is 1. The van der Waals surface area contributed by atoms with Gasteiger partial charge in [0.05, 0.1) is 30.9 Å². The first-order chi connectivity index (χ1) is 13.5. The van der Waals surface area contributed by atoms with E-state index < -0.39 is 17.4 Å². The van der Waals surface area contributed by atoms with E-state index in [0.29, 0.717) is 34.4 Å². The molecule has 1 atom stereocenters. The van der Waals surface area contributed by atoms with E-state index >= 15 is 0 Å². The Hall–Kier alpha value is -2.52. The van der Waals surface area contributed by atoms with Gasteiger partial charge in [-0.25, -0.2) is 4.79 Å². The minimum Gasteiger partial charge on any atom is -0.492 e. The summed E-state index contributed by atoms with van der Waals surface area (Å²) >= 11 is 0. The van der Waals surface area contributed by atoms with Crippen LogP contribution < -0.4 is 26.7 Å². The number of hydrogen-bond acceptors (Lipinski definition) is 7. The summed E-state index contributed by atoms with van der Waals surface area (Å²) < 4.78 is 7.95. The Kier molecular flexibility index (Phi) is 4.80. The standard InChI is InChI=1S/C19H26N4O5/c1-28-17-14(21-8-6-11(7-9-21)15(25)10-24)5-4-13-16(17)22(12-2-3-12)19(27)23(20)18(13)26/h4-5,11-12,15,24-25H,2-3,6-10,20H2,1H3. The minimum atomic E-state index is -0.705. The maximum Gasteiger partial charge on any atom is 0.350 e. The van der Waals surface area contributed by atoms with E-state index in [-0.39, 0.29) is 18.6 Å². The molecule has 2 aliphatic rings. The van der Waals surface area contributed by atoms with E-state index in [1.807, 2.05) is 6.07 Å². The van der Waals surface area contributed by atoms with E-state index in [1.54, 1.807) is 10.6 Å². The third kappa shape index (κ3) is 2.94. The summed E-state index contributed by atoms with van der Waals surface area (Å²) in [5.41, 5.74) is 0.248. The van der Waals surface area contributed by atoms with Gasteiger partial charge in [0.2, 0.25) is 0 Å². The molecule has 2 aromatic rings. The molecule has 1 aliphatic carbocycles. The number of fused-ring (bicyclic) bond motifs is 1. The van der Waals surface area contributed by atoms with E-state index in [0.717, 1.165) is 31.4 Å². The average Bonchev–Trinajstić information content (AvgIpc) is 3.56. The number of rotatable bonds is 5. The molecule has 1 aromatic carbocycles. The Labute approximate surface area is 161 Å². The van der Waals surface area contributed by atoms with Gasteiger partial charge in [-0.3, -0.25) is 9.36 Å². The Morgan fingerprint density at radius 3 is 2.46 bits per heavy atom. The van der Waals surface area contributed by atoms with Crippen molar-refractivity contribution in [2.45, 2.75) is 37.8 Å². The predicted molar refractivity (Wildman–Crippen MR) is 105 cm³/mol. The summed E-state index contributed by atoms with van der Waals surface area (Å²) in [5.74, 6) is 6.28. The number of benzene rings is 1. The Morgan fingerprint density at radius 1 is 1.21 bits per heavy atom. The highest BCUT2D eigenvalue weighted by atomic mass is 16.5. The topological polar surface area (TPSA) is 123 Å². The maximum absolute atomic E-state index is 12.7. The normalized spacial score (nSPS) is 19.2. The van der Waals surface area contributed by atoms with Crippen molar-refractivity contribution in [3.8, 4) is 5.75 Å². The lowest BCUT2D eigenvalue weighted by Crippen LogP contribution is -2.44. The monoisotopic (exact) mass is 390 g/mol. The molecule has 1 unspecified atom stereocenters. The van der Waals surface area contributed by atoms with E-state index in [1.165, 1.54) is 7.11 Å². The van der Waals surface area contributed by atoms with Crippen molar-refractivity contribution < 1.29 is 14.9 Å². The first-order valence-electron chi connectivity index (χ1n) is 9.65. The first kappa shape index (κ1) is 18.8. The Morgan fingerprint density at radius 2 is 1.89 bits per heavy atom. The smallest absolute Gasteiger partial charge is 0.350 e. The third-order valence-corrected chi connectivity index (χ3v) is 5.94. The Bertz CT molecular complexity index is 1000. The molecule has 1 saturated heterocycles. The lowest BCUT2D eigenvalue weighted by molar-refractivity contribution is 0.0376. The summed E-state index contributed by atoms with van der Waals surface area (Å²) in [5, 5.41) is 19.4. The third-order valence-electron chi connectivity index (χ3n) is 5.94. The Balaban J connectivity index is 1.81. The molecule has 9 nitrogen and oxygen atoms in total. The number of nitrogens with two attached hydrogens (primary N) is 1. The first-order valence-corrected chi connectivity index (χ1v) is 9.65. The van der Waals surface area contributed by atoms with Crippen LogP contribution in [0.2, 0.25) is 0 Å². The second-order valence-corrected chi connectivity index (χ2v) is 7.65. The van der Waals surface area contributed by atoms with Crippen molar-refractivity contribution in [2.75, 3.05) is 37.5 Å². The molecular formula is C19H26N4O5. The zero-order valence-corrected chi connectivity index (χ0v) is 15.9. The van der Waals surface area contributed by atoms with Crippen LogP contribution in [0, 0.1) is 5.92 Å². The van der Waals surface area contributed by atoms with Crippen molar-refractivity contribution in [1.29, 1.82) is 0 Å². The summed E-state index contributed by atoms with van der Waals surface area (Å²) in [6.45, 7) is 1.14. The molecule has 2 heterocycles. The minimum absolute atomic E-state index is 0.0278. The SMILES string of the molecule is COc1c(N2CCC(C(O)CO)CC2)ccc2c(=O)n(N)c(=O)n(C3CC3)c12. The zero-order chi connectivity index (χ0) is 20.0. The second kappa shape index (κ2) is 7.14. The molecule has 1 aliphatic heterocycles. The van der Waals surface area contributed by atoms with Crippen LogP contribution in [0.1, 0.15) is 31.7 Å². The summed E-state index contributed by atoms with van der Waals surface area (Å²) in [7, 11) is 1.54. The average molecular weight is 390 g/mol. The molecule has 1 aromatic heterocycles. The highest BCUT2D eigenvalue weighted by Gasteiger charge is 2.32. The molecule has 2 fully saturated rings. The molecule has 0 amide bonds. The number of hydrogen-bond donors (Lipinski definition) is 3. The molecular weight excluding hydrogens is 364 g/mol. The van der Waals surface area contributed by atoms with Crippen LogP contribution in [-0.4, -0.2) is 52.4 Å². The molecule has 1 saturated carbocycles. The van der Waals surface area contributed by atoms with Crippen molar-refractivity contribution >= 4 is 16.6 Å². The highest BCUT2D eigenvalue weighted by molar-refractivity contribution is 5.90.